The number of anilines is 1. The van der Waals surface area contributed by atoms with Crippen molar-refractivity contribution in [2.45, 2.75) is 32.3 Å². The van der Waals surface area contributed by atoms with Gasteiger partial charge in [0.1, 0.15) is 0 Å². The summed E-state index contributed by atoms with van der Waals surface area (Å²) in [5, 5.41) is 18.6. The van der Waals surface area contributed by atoms with E-state index in [0.29, 0.717) is 17.5 Å². The monoisotopic (exact) mass is 482 g/mol. The number of amides is 1. The molecule has 0 N–H and O–H groups in total. The van der Waals surface area contributed by atoms with Gasteiger partial charge in [-0.3, -0.25) is 14.3 Å². The Hall–Kier alpha value is -3.96. The summed E-state index contributed by atoms with van der Waals surface area (Å²) in [5.41, 5.74) is 5.80. The Morgan fingerprint density at radius 2 is 1.83 bits per heavy atom. The molecule has 4 rings (SSSR count). The van der Waals surface area contributed by atoms with Gasteiger partial charge in [0, 0.05) is 30.2 Å². The van der Waals surface area contributed by atoms with Gasteiger partial charge < -0.3 is 4.90 Å². The van der Waals surface area contributed by atoms with Crippen molar-refractivity contribution in [3.63, 3.8) is 0 Å². The molecule has 0 spiro atoms. The first-order chi connectivity index (χ1) is 17.0. The van der Waals surface area contributed by atoms with E-state index < -0.39 is 0 Å². The van der Waals surface area contributed by atoms with Crippen LogP contribution in [0.1, 0.15) is 23.1 Å². The van der Waals surface area contributed by atoms with E-state index in [0.717, 1.165) is 33.6 Å². The summed E-state index contributed by atoms with van der Waals surface area (Å²) in [4.78, 5) is 19.3. The van der Waals surface area contributed by atoms with Crippen LogP contribution in [0.5, 0.6) is 0 Å². The molecule has 0 saturated heterocycles. The Bertz CT molecular complexity index is 1360. The van der Waals surface area contributed by atoms with Crippen LogP contribution in [0.15, 0.2) is 72.1 Å². The van der Waals surface area contributed by atoms with E-state index in [1.54, 1.807) is 17.3 Å². The third-order valence-corrected chi connectivity index (χ3v) is 6.41. The molecule has 176 valence electrons. The van der Waals surface area contributed by atoms with Gasteiger partial charge in [0.25, 0.3) is 0 Å². The van der Waals surface area contributed by atoms with E-state index in [4.69, 9.17) is 5.26 Å². The summed E-state index contributed by atoms with van der Waals surface area (Å²) in [6, 6.07) is 20.0. The average Bonchev–Trinajstić information content (AvgIpc) is 3.27. The maximum Gasteiger partial charge on any atom is 0.237 e. The minimum Gasteiger partial charge on any atom is -0.311 e. The van der Waals surface area contributed by atoms with E-state index in [2.05, 4.69) is 27.3 Å². The molecule has 2 aromatic carbocycles. The van der Waals surface area contributed by atoms with Crippen LogP contribution in [0.2, 0.25) is 0 Å². The number of nitriles is 1. The molecule has 0 fully saturated rings. The van der Waals surface area contributed by atoms with Crippen LogP contribution in [0.25, 0.3) is 17.1 Å². The highest BCUT2D eigenvalue weighted by atomic mass is 32.2. The van der Waals surface area contributed by atoms with Crippen molar-refractivity contribution in [1.29, 1.82) is 5.26 Å². The summed E-state index contributed by atoms with van der Waals surface area (Å²) in [5.74, 6) is 0.741. The van der Waals surface area contributed by atoms with Crippen molar-refractivity contribution in [3.8, 4) is 23.1 Å². The van der Waals surface area contributed by atoms with Crippen molar-refractivity contribution in [1.82, 2.24) is 19.7 Å². The molecule has 4 aromatic rings. The number of thioether (sulfide) groups is 1. The number of carbonyl (C=O) groups is 1. The molecule has 2 aromatic heterocycles. The average molecular weight is 483 g/mol. The largest absolute Gasteiger partial charge is 0.311 e. The molecule has 0 saturated carbocycles. The number of hydrogen-bond acceptors (Lipinski definition) is 6. The lowest BCUT2D eigenvalue weighted by Crippen LogP contribution is -2.33. The molecular formula is C27H26N6OS. The van der Waals surface area contributed by atoms with Crippen LogP contribution >= 0.6 is 11.8 Å². The van der Waals surface area contributed by atoms with Crippen LogP contribution in [0.4, 0.5) is 5.69 Å². The lowest BCUT2D eigenvalue weighted by molar-refractivity contribution is -0.116. The minimum absolute atomic E-state index is 0.0856. The number of carbonyl (C=O) groups excluding carboxylic acids is 1. The molecule has 2 heterocycles. The van der Waals surface area contributed by atoms with E-state index >= 15 is 0 Å². The Kier molecular flexibility index (Phi) is 7.58. The van der Waals surface area contributed by atoms with E-state index in [1.807, 2.05) is 73.9 Å². The SMILES string of the molecule is Cc1cc(C)cc(N(CCC#N)C(=O)CSc2nnc(-c3cccnc3)n2-c2ccccc2C)c1. The highest BCUT2D eigenvalue weighted by molar-refractivity contribution is 7.99. The number of rotatable bonds is 8. The van der Waals surface area contributed by atoms with Crippen LogP contribution in [-0.2, 0) is 4.79 Å². The zero-order chi connectivity index (χ0) is 24.8. The fourth-order valence-corrected chi connectivity index (χ4v) is 4.77. The van der Waals surface area contributed by atoms with E-state index in [-0.39, 0.29) is 18.1 Å². The van der Waals surface area contributed by atoms with Crippen LogP contribution in [0, 0.1) is 32.1 Å². The Balaban J connectivity index is 1.66. The number of pyridine rings is 1. The van der Waals surface area contributed by atoms with Crippen LogP contribution in [-0.4, -0.2) is 38.0 Å². The second-order valence-electron chi connectivity index (χ2n) is 8.26. The highest BCUT2D eigenvalue weighted by Gasteiger charge is 2.21. The van der Waals surface area contributed by atoms with E-state index in [9.17, 15) is 4.79 Å². The highest BCUT2D eigenvalue weighted by Crippen LogP contribution is 2.30. The maximum atomic E-state index is 13.4. The zero-order valence-corrected chi connectivity index (χ0v) is 20.8. The van der Waals surface area contributed by atoms with Crippen molar-refractivity contribution in [2.24, 2.45) is 0 Å². The van der Waals surface area contributed by atoms with Crippen molar-refractivity contribution >= 4 is 23.4 Å². The van der Waals surface area contributed by atoms with Crippen molar-refractivity contribution in [2.75, 3.05) is 17.2 Å². The van der Waals surface area contributed by atoms with Gasteiger partial charge in [-0.1, -0.05) is 36.0 Å². The second kappa shape index (κ2) is 11.0. The molecule has 0 unspecified atom stereocenters. The van der Waals surface area contributed by atoms with Gasteiger partial charge in [0.2, 0.25) is 5.91 Å². The quantitative estimate of drug-likeness (QED) is 0.317. The second-order valence-corrected chi connectivity index (χ2v) is 9.20. The molecule has 0 aliphatic carbocycles. The summed E-state index contributed by atoms with van der Waals surface area (Å²) < 4.78 is 1.97. The maximum absolute atomic E-state index is 13.4. The smallest absolute Gasteiger partial charge is 0.237 e. The number of benzene rings is 2. The molecule has 0 aliphatic heterocycles. The van der Waals surface area contributed by atoms with Gasteiger partial charge in [0.15, 0.2) is 11.0 Å². The number of nitrogens with zero attached hydrogens (tertiary/aromatic N) is 6. The lowest BCUT2D eigenvalue weighted by atomic mass is 10.1. The number of hydrogen-bond donors (Lipinski definition) is 0. The number of aromatic nitrogens is 4. The molecule has 35 heavy (non-hydrogen) atoms. The summed E-state index contributed by atoms with van der Waals surface area (Å²) in [6.45, 7) is 6.38. The van der Waals surface area contributed by atoms with E-state index in [1.165, 1.54) is 11.8 Å². The Morgan fingerprint density at radius 1 is 1.06 bits per heavy atom. The van der Waals surface area contributed by atoms with Crippen LogP contribution in [0.3, 0.4) is 0 Å². The standard InChI is InChI=1S/C27H26N6OS/c1-19-14-20(2)16-23(15-19)32(13-7-11-28)25(34)18-35-27-31-30-26(22-9-6-12-29-17-22)33(27)24-10-5-4-8-21(24)3/h4-6,8-10,12,14-17H,7,13,18H2,1-3H3. The first-order valence-corrected chi connectivity index (χ1v) is 12.3. The topological polar surface area (TPSA) is 87.7 Å². The third kappa shape index (κ3) is 5.58. The van der Waals surface area contributed by atoms with Gasteiger partial charge in [-0.05, 0) is 67.8 Å². The summed E-state index contributed by atoms with van der Waals surface area (Å²) in [7, 11) is 0. The minimum atomic E-state index is -0.0856. The predicted molar refractivity (Wildman–Crippen MR) is 139 cm³/mol. The van der Waals surface area contributed by atoms with Gasteiger partial charge in [-0.15, -0.1) is 10.2 Å². The fourth-order valence-electron chi connectivity index (χ4n) is 3.95. The Morgan fingerprint density at radius 3 is 2.51 bits per heavy atom. The molecular weight excluding hydrogens is 456 g/mol. The molecule has 0 atom stereocenters. The van der Waals surface area contributed by atoms with Crippen molar-refractivity contribution < 1.29 is 4.79 Å². The summed E-state index contributed by atoms with van der Waals surface area (Å²) in [6.07, 6.45) is 3.73. The summed E-state index contributed by atoms with van der Waals surface area (Å²) >= 11 is 1.33. The molecule has 8 heteroatoms. The molecule has 0 aliphatic rings. The molecule has 0 bridgehead atoms. The molecule has 0 radical (unpaired) electrons. The number of para-hydroxylation sites is 1. The third-order valence-electron chi connectivity index (χ3n) is 5.50. The van der Waals surface area contributed by atoms with Gasteiger partial charge in [-0.2, -0.15) is 5.26 Å². The normalized spacial score (nSPS) is 10.7. The fraction of sp³-hybridized carbons (Fsp3) is 0.222. The van der Waals surface area contributed by atoms with Crippen molar-refractivity contribution in [3.05, 3.63) is 83.7 Å². The van der Waals surface area contributed by atoms with Gasteiger partial charge in [0.05, 0.1) is 23.9 Å². The first-order valence-electron chi connectivity index (χ1n) is 11.3. The van der Waals surface area contributed by atoms with Crippen LogP contribution < -0.4 is 4.90 Å². The predicted octanol–water partition coefficient (Wildman–Crippen LogP) is 5.29. The Labute approximate surface area is 209 Å². The van der Waals surface area contributed by atoms with Gasteiger partial charge >= 0.3 is 0 Å². The number of aryl methyl sites for hydroxylation is 3. The zero-order valence-electron chi connectivity index (χ0n) is 20.0. The molecule has 1 amide bonds. The van der Waals surface area contributed by atoms with Gasteiger partial charge in [-0.25, -0.2) is 0 Å². The molecule has 7 nitrogen and oxygen atoms in total. The lowest BCUT2D eigenvalue weighted by Gasteiger charge is -2.23. The first kappa shape index (κ1) is 24.2.